The Morgan fingerprint density at radius 1 is 1.56 bits per heavy atom. The van der Waals surface area contributed by atoms with Crippen molar-refractivity contribution in [3.8, 4) is 0 Å². The van der Waals surface area contributed by atoms with Crippen LogP contribution in [0.3, 0.4) is 0 Å². The maximum atomic E-state index is 11.7. The predicted octanol–water partition coefficient (Wildman–Crippen LogP) is 1.75. The van der Waals surface area contributed by atoms with Gasteiger partial charge in [-0.1, -0.05) is 0 Å². The summed E-state index contributed by atoms with van der Waals surface area (Å²) in [5.41, 5.74) is 0. The fourth-order valence-electron chi connectivity index (χ4n) is 1.37. The average Bonchev–Trinajstić information content (AvgIpc) is 2.89. The van der Waals surface area contributed by atoms with E-state index < -0.39 is 0 Å². The van der Waals surface area contributed by atoms with Crippen LogP contribution in [0.4, 0.5) is 0 Å². The second kappa shape index (κ2) is 4.94. The smallest absolute Gasteiger partial charge is 0.261 e. The molecule has 0 spiro atoms. The zero-order chi connectivity index (χ0) is 11.4. The highest BCUT2D eigenvalue weighted by atomic mass is 32.1. The van der Waals surface area contributed by atoms with Crippen molar-refractivity contribution >= 4 is 17.2 Å². The van der Waals surface area contributed by atoms with Crippen molar-refractivity contribution in [1.82, 2.24) is 15.3 Å². The number of nitrogens with one attached hydrogen (secondary N) is 2. The molecule has 0 aliphatic heterocycles. The van der Waals surface area contributed by atoms with E-state index in [4.69, 9.17) is 0 Å². The molecule has 84 valence electrons. The number of hydrogen-bond acceptors (Lipinski definition) is 3. The molecule has 0 fully saturated rings. The minimum absolute atomic E-state index is 0.00958. The van der Waals surface area contributed by atoms with Crippen molar-refractivity contribution in [3.05, 3.63) is 40.1 Å². The molecule has 0 unspecified atom stereocenters. The second-order valence-electron chi connectivity index (χ2n) is 3.45. The van der Waals surface area contributed by atoms with Crippen LogP contribution in [0.25, 0.3) is 0 Å². The van der Waals surface area contributed by atoms with E-state index in [1.807, 2.05) is 19.1 Å². The Kier molecular flexibility index (Phi) is 3.36. The molecule has 0 radical (unpaired) electrons. The Bertz CT molecular complexity index is 461. The number of carbonyl (C=O) groups excluding carboxylic acids is 1. The molecular formula is C11H13N3OS. The summed E-state index contributed by atoms with van der Waals surface area (Å²) in [5, 5.41) is 2.86. The summed E-state index contributed by atoms with van der Waals surface area (Å²) >= 11 is 1.51. The monoisotopic (exact) mass is 235 g/mol. The van der Waals surface area contributed by atoms with Gasteiger partial charge in [0, 0.05) is 30.2 Å². The molecule has 5 heteroatoms. The first kappa shape index (κ1) is 10.9. The zero-order valence-corrected chi connectivity index (χ0v) is 9.80. The van der Waals surface area contributed by atoms with Crippen LogP contribution in [0.1, 0.15) is 20.4 Å². The zero-order valence-electron chi connectivity index (χ0n) is 8.99. The number of thiophene rings is 1. The molecule has 4 nitrogen and oxygen atoms in total. The molecular weight excluding hydrogens is 222 g/mol. The standard InChI is InChI=1S/C11H13N3OS/c1-8-2-3-9(16-8)11(15)14-5-4-10-12-6-7-13-10/h2-3,6-7H,4-5H2,1H3,(H,12,13)(H,14,15). The van der Waals surface area contributed by atoms with Crippen molar-refractivity contribution in [1.29, 1.82) is 0 Å². The van der Waals surface area contributed by atoms with Gasteiger partial charge in [0.2, 0.25) is 0 Å². The van der Waals surface area contributed by atoms with Crippen molar-refractivity contribution in [3.63, 3.8) is 0 Å². The molecule has 2 N–H and O–H groups in total. The van der Waals surface area contributed by atoms with E-state index in [1.54, 1.807) is 12.4 Å². The first-order valence-corrected chi connectivity index (χ1v) is 5.90. The molecule has 0 aliphatic rings. The van der Waals surface area contributed by atoms with Crippen LogP contribution in [-0.4, -0.2) is 22.4 Å². The second-order valence-corrected chi connectivity index (χ2v) is 4.74. The van der Waals surface area contributed by atoms with Crippen molar-refractivity contribution in [2.24, 2.45) is 0 Å². The molecule has 0 aromatic carbocycles. The van der Waals surface area contributed by atoms with Crippen LogP contribution >= 0.6 is 11.3 Å². The molecule has 0 saturated heterocycles. The molecule has 2 aromatic rings. The summed E-state index contributed by atoms with van der Waals surface area (Å²) in [6.07, 6.45) is 4.21. The highest BCUT2D eigenvalue weighted by molar-refractivity contribution is 7.13. The number of nitrogens with zero attached hydrogens (tertiary/aromatic N) is 1. The first-order chi connectivity index (χ1) is 7.75. The Labute approximate surface area is 97.7 Å². The number of amides is 1. The number of aromatic amines is 1. The van der Waals surface area contributed by atoms with Crippen molar-refractivity contribution in [2.75, 3.05) is 6.54 Å². The summed E-state index contributed by atoms with van der Waals surface area (Å²) in [7, 11) is 0. The van der Waals surface area contributed by atoms with Crippen LogP contribution in [0.5, 0.6) is 0 Å². The lowest BCUT2D eigenvalue weighted by molar-refractivity contribution is 0.0958. The number of aromatic nitrogens is 2. The summed E-state index contributed by atoms with van der Waals surface area (Å²) in [5.74, 6) is 0.882. The molecule has 0 atom stereocenters. The Morgan fingerprint density at radius 2 is 2.44 bits per heavy atom. The van der Waals surface area contributed by atoms with E-state index in [2.05, 4.69) is 15.3 Å². The van der Waals surface area contributed by atoms with Crippen LogP contribution in [-0.2, 0) is 6.42 Å². The average molecular weight is 235 g/mol. The van der Waals surface area contributed by atoms with Crippen LogP contribution < -0.4 is 5.32 Å². The molecule has 2 heterocycles. The third kappa shape index (κ3) is 2.70. The molecule has 1 amide bonds. The maximum Gasteiger partial charge on any atom is 0.261 e. The van der Waals surface area contributed by atoms with Gasteiger partial charge < -0.3 is 10.3 Å². The lowest BCUT2D eigenvalue weighted by atomic mass is 10.3. The van der Waals surface area contributed by atoms with Gasteiger partial charge in [0.25, 0.3) is 5.91 Å². The molecule has 0 saturated carbocycles. The summed E-state index contributed by atoms with van der Waals surface area (Å²) in [6.45, 7) is 2.59. The van der Waals surface area contributed by atoms with Gasteiger partial charge in [0.15, 0.2) is 0 Å². The van der Waals surface area contributed by atoms with E-state index >= 15 is 0 Å². The minimum Gasteiger partial charge on any atom is -0.351 e. The Morgan fingerprint density at radius 3 is 3.06 bits per heavy atom. The number of aryl methyl sites for hydroxylation is 1. The molecule has 0 bridgehead atoms. The van der Waals surface area contributed by atoms with Gasteiger partial charge in [-0.25, -0.2) is 4.98 Å². The summed E-state index contributed by atoms with van der Waals surface area (Å²) < 4.78 is 0. The van der Waals surface area contributed by atoms with Crippen molar-refractivity contribution < 1.29 is 4.79 Å². The number of carbonyl (C=O) groups is 1. The quantitative estimate of drug-likeness (QED) is 0.848. The highest BCUT2D eigenvalue weighted by Crippen LogP contribution is 2.14. The molecule has 2 aromatic heterocycles. The van der Waals surface area contributed by atoms with Crippen LogP contribution in [0, 0.1) is 6.92 Å². The third-order valence-corrected chi connectivity index (χ3v) is 3.17. The molecule has 16 heavy (non-hydrogen) atoms. The molecule has 0 aliphatic carbocycles. The number of rotatable bonds is 4. The highest BCUT2D eigenvalue weighted by Gasteiger charge is 2.06. The van der Waals surface area contributed by atoms with E-state index in [0.717, 1.165) is 22.0 Å². The Hall–Kier alpha value is -1.62. The predicted molar refractivity (Wildman–Crippen MR) is 63.7 cm³/mol. The maximum absolute atomic E-state index is 11.7. The van der Waals surface area contributed by atoms with Gasteiger partial charge in [-0.3, -0.25) is 4.79 Å². The molecule has 2 rings (SSSR count). The van der Waals surface area contributed by atoms with E-state index in [0.29, 0.717) is 6.54 Å². The number of hydrogen-bond donors (Lipinski definition) is 2. The van der Waals surface area contributed by atoms with Gasteiger partial charge in [0.1, 0.15) is 5.82 Å². The third-order valence-electron chi connectivity index (χ3n) is 2.17. The summed E-state index contributed by atoms with van der Waals surface area (Å²) in [4.78, 5) is 20.6. The van der Waals surface area contributed by atoms with E-state index in [1.165, 1.54) is 11.3 Å². The lowest BCUT2D eigenvalue weighted by Gasteiger charge is -2.01. The van der Waals surface area contributed by atoms with Gasteiger partial charge in [-0.05, 0) is 19.1 Å². The fraction of sp³-hybridized carbons (Fsp3) is 0.273. The SMILES string of the molecule is Cc1ccc(C(=O)NCCc2ncc[nH]2)s1. The van der Waals surface area contributed by atoms with Gasteiger partial charge in [-0.15, -0.1) is 11.3 Å². The number of imidazole rings is 1. The topological polar surface area (TPSA) is 57.8 Å². The van der Waals surface area contributed by atoms with Crippen molar-refractivity contribution in [2.45, 2.75) is 13.3 Å². The minimum atomic E-state index is -0.00958. The van der Waals surface area contributed by atoms with Gasteiger partial charge >= 0.3 is 0 Å². The van der Waals surface area contributed by atoms with E-state index in [-0.39, 0.29) is 5.91 Å². The largest absolute Gasteiger partial charge is 0.351 e. The fourth-order valence-corrected chi connectivity index (χ4v) is 2.16. The van der Waals surface area contributed by atoms with Crippen LogP contribution in [0.15, 0.2) is 24.5 Å². The summed E-state index contributed by atoms with van der Waals surface area (Å²) in [6, 6.07) is 3.80. The number of H-pyrrole nitrogens is 1. The van der Waals surface area contributed by atoms with E-state index in [9.17, 15) is 4.79 Å². The Balaban J connectivity index is 1.80. The van der Waals surface area contributed by atoms with Gasteiger partial charge in [0.05, 0.1) is 4.88 Å². The van der Waals surface area contributed by atoms with Crippen LogP contribution in [0.2, 0.25) is 0 Å². The first-order valence-electron chi connectivity index (χ1n) is 5.08. The lowest BCUT2D eigenvalue weighted by Crippen LogP contribution is -2.25. The normalized spacial score (nSPS) is 10.3. The van der Waals surface area contributed by atoms with Gasteiger partial charge in [-0.2, -0.15) is 0 Å².